The molecule has 0 aliphatic rings. The predicted octanol–water partition coefficient (Wildman–Crippen LogP) is 4.11. The minimum absolute atomic E-state index is 0.459. The molecule has 0 fully saturated rings. The maximum Gasteiger partial charge on any atom is 0.123 e. The first-order chi connectivity index (χ1) is 7.88. The van der Waals surface area contributed by atoms with E-state index in [-0.39, 0.29) is 0 Å². The molecule has 0 saturated heterocycles. The summed E-state index contributed by atoms with van der Waals surface area (Å²) in [5.41, 5.74) is 1.35. The Kier molecular flexibility index (Phi) is 6.24. The lowest BCUT2D eigenvalue weighted by Gasteiger charge is -2.12. The van der Waals surface area contributed by atoms with E-state index >= 15 is 0 Å². The van der Waals surface area contributed by atoms with E-state index in [1.165, 1.54) is 18.4 Å². The fraction of sp³-hybridized carbons (Fsp3) is 0.400. The second-order valence-electron chi connectivity index (χ2n) is 3.99. The molecule has 0 bridgehead atoms. The summed E-state index contributed by atoms with van der Waals surface area (Å²) in [5.74, 6) is 0.459. The van der Waals surface area contributed by atoms with E-state index in [9.17, 15) is 4.79 Å². The monoisotopic (exact) mass is 216 g/mol. The van der Waals surface area contributed by atoms with Gasteiger partial charge in [-0.3, -0.25) is 0 Å². The minimum Gasteiger partial charge on any atom is -0.303 e. The molecule has 0 spiro atoms. The molecule has 0 saturated carbocycles. The molecular weight excluding hydrogens is 196 g/mol. The fourth-order valence-corrected chi connectivity index (χ4v) is 1.80. The second-order valence-corrected chi connectivity index (χ2v) is 3.99. The predicted molar refractivity (Wildman–Crippen MR) is 68.5 cm³/mol. The third-order valence-corrected chi connectivity index (χ3v) is 2.70. The molecule has 0 amide bonds. The average Bonchev–Trinajstić information content (AvgIpc) is 2.35. The molecule has 1 atom stereocenters. The molecule has 0 aliphatic heterocycles. The third-order valence-electron chi connectivity index (χ3n) is 2.70. The molecule has 1 rings (SSSR count). The standard InChI is InChI=1S/C15H20O/c1-2-3-9-14(12-7-8-13-16)15-10-5-4-6-11-15/h4-7,10-14H,2-3,8-9H2,1H3/b12-7+. The van der Waals surface area contributed by atoms with Gasteiger partial charge in [-0.25, -0.2) is 0 Å². The Morgan fingerprint density at radius 3 is 2.62 bits per heavy atom. The van der Waals surface area contributed by atoms with Crippen LogP contribution in [0.3, 0.4) is 0 Å². The molecular formula is C15H20O. The number of allylic oxidation sites excluding steroid dienone is 2. The zero-order valence-electron chi connectivity index (χ0n) is 9.93. The van der Waals surface area contributed by atoms with Crippen molar-refractivity contribution in [3.63, 3.8) is 0 Å². The Morgan fingerprint density at radius 1 is 1.25 bits per heavy atom. The fourth-order valence-electron chi connectivity index (χ4n) is 1.80. The Hall–Kier alpha value is -1.37. The minimum atomic E-state index is 0.459. The summed E-state index contributed by atoms with van der Waals surface area (Å²) in [6.45, 7) is 2.21. The Bertz CT molecular complexity index is 313. The lowest BCUT2D eigenvalue weighted by atomic mass is 9.93. The highest BCUT2D eigenvalue weighted by molar-refractivity contribution is 5.52. The van der Waals surface area contributed by atoms with Crippen molar-refractivity contribution in [2.24, 2.45) is 0 Å². The third kappa shape index (κ3) is 4.43. The molecule has 1 unspecified atom stereocenters. The van der Waals surface area contributed by atoms with Gasteiger partial charge in [0.1, 0.15) is 6.29 Å². The Balaban J connectivity index is 2.66. The highest BCUT2D eigenvalue weighted by Gasteiger charge is 2.06. The lowest BCUT2D eigenvalue weighted by Crippen LogP contribution is -1.95. The zero-order chi connectivity index (χ0) is 11.6. The van der Waals surface area contributed by atoms with E-state index in [1.54, 1.807) is 0 Å². The second kappa shape index (κ2) is 7.86. The van der Waals surface area contributed by atoms with Gasteiger partial charge < -0.3 is 4.79 Å². The first-order valence-electron chi connectivity index (χ1n) is 6.03. The van der Waals surface area contributed by atoms with Crippen LogP contribution in [0.4, 0.5) is 0 Å². The molecule has 0 radical (unpaired) electrons. The normalized spacial score (nSPS) is 12.8. The van der Waals surface area contributed by atoms with Crippen LogP contribution < -0.4 is 0 Å². The van der Waals surface area contributed by atoms with Crippen molar-refractivity contribution in [2.75, 3.05) is 0 Å². The molecule has 1 nitrogen and oxygen atoms in total. The molecule has 86 valence electrons. The van der Waals surface area contributed by atoms with E-state index in [1.807, 2.05) is 12.1 Å². The van der Waals surface area contributed by atoms with Crippen molar-refractivity contribution in [3.8, 4) is 0 Å². The van der Waals surface area contributed by atoms with Crippen molar-refractivity contribution in [3.05, 3.63) is 48.0 Å². The Morgan fingerprint density at radius 2 is 2.00 bits per heavy atom. The van der Waals surface area contributed by atoms with Gasteiger partial charge in [-0.2, -0.15) is 0 Å². The van der Waals surface area contributed by atoms with Crippen LogP contribution >= 0.6 is 0 Å². The largest absolute Gasteiger partial charge is 0.303 e. The molecule has 0 N–H and O–H groups in total. The highest BCUT2D eigenvalue weighted by atomic mass is 16.1. The number of hydrogen-bond donors (Lipinski definition) is 0. The number of aldehydes is 1. The summed E-state index contributed by atoms with van der Waals surface area (Å²) in [6, 6.07) is 10.5. The maximum atomic E-state index is 10.3. The van der Waals surface area contributed by atoms with Gasteiger partial charge in [0.05, 0.1) is 0 Å². The molecule has 0 heterocycles. The van der Waals surface area contributed by atoms with Crippen LogP contribution in [-0.2, 0) is 4.79 Å². The van der Waals surface area contributed by atoms with E-state index < -0.39 is 0 Å². The van der Waals surface area contributed by atoms with E-state index in [0.717, 1.165) is 12.7 Å². The zero-order valence-corrected chi connectivity index (χ0v) is 9.93. The van der Waals surface area contributed by atoms with Gasteiger partial charge in [0.15, 0.2) is 0 Å². The van der Waals surface area contributed by atoms with Crippen molar-refractivity contribution in [2.45, 2.75) is 38.5 Å². The van der Waals surface area contributed by atoms with Crippen molar-refractivity contribution in [1.29, 1.82) is 0 Å². The first kappa shape index (κ1) is 12.7. The van der Waals surface area contributed by atoms with E-state index in [0.29, 0.717) is 12.3 Å². The summed E-state index contributed by atoms with van der Waals surface area (Å²) in [4.78, 5) is 10.3. The number of unbranched alkanes of at least 4 members (excludes halogenated alkanes) is 1. The van der Waals surface area contributed by atoms with Crippen LogP contribution in [0.1, 0.15) is 44.1 Å². The molecule has 1 aromatic carbocycles. The van der Waals surface area contributed by atoms with Crippen molar-refractivity contribution in [1.82, 2.24) is 0 Å². The van der Waals surface area contributed by atoms with Gasteiger partial charge in [-0.1, -0.05) is 62.2 Å². The summed E-state index contributed by atoms with van der Waals surface area (Å²) in [7, 11) is 0. The Labute approximate surface area is 98.2 Å². The first-order valence-corrected chi connectivity index (χ1v) is 6.03. The van der Waals surface area contributed by atoms with Crippen LogP contribution in [0.15, 0.2) is 42.5 Å². The van der Waals surface area contributed by atoms with Gasteiger partial charge in [-0.15, -0.1) is 0 Å². The van der Waals surface area contributed by atoms with Crippen LogP contribution in [0.5, 0.6) is 0 Å². The number of rotatable bonds is 7. The van der Waals surface area contributed by atoms with Crippen LogP contribution in [0, 0.1) is 0 Å². The molecule has 16 heavy (non-hydrogen) atoms. The number of carbonyl (C=O) groups is 1. The van der Waals surface area contributed by atoms with Crippen LogP contribution in [-0.4, -0.2) is 6.29 Å². The lowest BCUT2D eigenvalue weighted by molar-refractivity contribution is -0.107. The summed E-state index contributed by atoms with van der Waals surface area (Å²) < 4.78 is 0. The van der Waals surface area contributed by atoms with Crippen molar-refractivity contribution < 1.29 is 4.79 Å². The SMILES string of the molecule is CCCCC(/C=C/CC=O)c1ccccc1. The van der Waals surface area contributed by atoms with Crippen molar-refractivity contribution >= 4 is 6.29 Å². The molecule has 0 aliphatic carbocycles. The maximum absolute atomic E-state index is 10.3. The van der Waals surface area contributed by atoms with E-state index in [2.05, 4.69) is 37.3 Å². The topological polar surface area (TPSA) is 17.1 Å². The summed E-state index contributed by atoms with van der Waals surface area (Å²) >= 11 is 0. The summed E-state index contributed by atoms with van der Waals surface area (Å²) in [6.07, 6.45) is 9.21. The van der Waals surface area contributed by atoms with Gasteiger partial charge in [0, 0.05) is 12.3 Å². The average molecular weight is 216 g/mol. The van der Waals surface area contributed by atoms with Gasteiger partial charge in [-0.05, 0) is 12.0 Å². The molecule has 1 heteroatoms. The summed E-state index contributed by atoms with van der Waals surface area (Å²) in [5, 5.41) is 0. The molecule has 0 aromatic heterocycles. The van der Waals surface area contributed by atoms with Gasteiger partial charge in [0.2, 0.25) is 0 Å². The van der Waals surface area contributed by atoms with Gasteiger partial charge >= 0.3 is 0 Å². The van der Waals surface area contributed by atoms with Crippen LogP contribution in [0.25, 0.3) is 0 Å². The molecule has 1 aromatic rings. The number of benzene rings is 1. The number of carbonyl (C=O) groups excluding carboxylic acids is 1. The number of hydrogen-bond acceptors (Lipinski definition) is 1. The quantitative estimate of drug-likeness (QED) is 0.495. The van der Waals surface area contributed by atoms with Gasteiger partial charge in [0.25, 0.3) is 0 Å². The van der Waals surface area contributed by atoms with E-state index in [4.69, 9.17) is 0 Å². The van der Waals surface area contributed by atoms with Crippen LogP contribution in [0.2, 0.25) is 0 Å². The highest BCUT2D eigenvalue weighted by Crippen LogP contribution is 2.23. The smallest absolute Gasteiger partial charge is 0.123 e.